The van der Waals surface area contributed by atoms with Crippen molar-refractivity contribution in [1.82, 2.24) is 0 Å². The van der Waals surface area contributed by atoms with E-state index in [9.17, 15) is 0 Å². The number of thiophene rings is 1. The summed E-state index contributed by atoms with van der Waals surface area (Å²) in [5.74, 6) is 0. The molecule has 0 unspecified atom stereocenters. The van der Waals surface area contributed by atoms with Crippen molar-refractivity contribution < 1.29 is 4.42 Å². The third-order valence-electron chi connectivity index (χ3n) is 9.68. The van der Waals surface area contributed by atoms with E-state index in [0.29, 0.717) is 0 Å². The van der Waals surface area contributed by atoms with Gasteiger partial charge in [-0.3, -0.25) is 0 Å². The zero-order valence-electron chi connectivity index (χ0n) is 26.5. The average Bonchev–Trinajstić information content (AvgIpc) is 3.74. The van der Waals surface area contributed by atoms with E-state index in [1.807, 2.05) is 23.5 Å². The minimum Gasteiger partial charge on any atom is -0.456 e. The summed E-state index contributed by atoms with van der Waals surface area (Å²) < 4.78 is 8.97. The number of fused-ring (bicyclic) bond motifs is 7. The van der Waals surface area contributed by atoms with Crippen LogP contribution in [0, 0.1) is 0 Å². The molecule has 0 N–H and O–H groups in total. The second-order valence-electron chi connectivity index (χ2n) is 12.5. The molecule has 2 heterocycles. The maximum Gasteiger partial charge on any atom is 0.136 e. The molecule has 10 rings (SSSR count). The van der Waals surface area contributed by atoms with Gasteiger partial charge in [0.2, 0.25) is 0 Å². The molecule has 0 aliphatic heterocycles. The van der Waals surface area contributed by atoms with E-state index < -0.39 is 0 Å². The van der Waals surface area contributed by atoms with Gasteiger partial charge < -0.3 is 9.32 Å². The molecule has 0 fully saturated rings. The lowest BCUT2D eigenvalue weighted by molar-refractivity contribution is 0.669. The third kappa shape index (κ3) is 4.55. The first-order valence-corrected chi connectivity index (χ1v) is 17.4. The molecule has 0 amide bonds. The fraction of sp³-hybridized carbons (Fsp3) is 0. The molecule has 0 aliphatic rings. The molecule has 0 aliphatic carbocycles. The Kier molecular flexibility index (Phi) is 6.39. The zero-order valence-corrected chi connectivity index (χ0v) is 27.3. The maximum atomic E-state index is 6.34. The van der Waals surface area contributed by atoms with E-state index in [2.05, 4.69) is 169 Å². The molecule has 2 aromatic heterocycles. The summed E-state index contributed by atoms with van der Waals surface area (Å²) in [7, 11) is 0. The smallest absolute Gasteiger partial charge is 0.136 e. The molecule has 230 valence electrons. The van der Waals surface area contributed by atoms with Crippen LogP contribution in [0.25, 0.3) is 75.1 Å². The van der Waals surface area contributed by atoms with E-state index in [0.717, 1.165) is 50.1 Å². The fourth-order valence-corrected chi connectivity index (χ4v) is 8.55. The summed E-state index contributed by atoms with van der Waals surface area (Å²) in [5.41, 5.74) is 9.85. The molecule has 0 spiro atoms. The number of hydrogen-bond donors (Lipinski definition) is 0. The average molecular weight is 644 g/mol. The summed E-state index contributed by atoms with van der Waals surface area (Å²) in [5, 5.41) is 7.32. The molecule has 2 nitrogen and oxygen atoms in total. The Hall–Kier alpha value is -6.16. The Morgan fingerprint density at radius 2 is 1.04 bits per heavy atom. The van der Waals surface area contributed by atoms with Gasteiger partial charge in [0.15, 0.2) is 0 Å². The molecule has 0 saturated heterocycles. The number of furan rings is 1. The van der Waals surface area contributed by atoms with Gasteiger partial charge in [-0.05, 0) is 76.7 Å². The highest BCUT2D eigenvalue weighted by molar-refractivity contribution is 7.25. The Morgan fingerprint density at radius 1 is 0.408 bits per heavy atom. The van der Waals surface area contributed by atoms with Crippen molar-refractivity contribution in [2.24, 2.45) is 0 Å². The molecule has 0 atom stereocenters. The normalized spacial score (nSPS) is 11.7. The van der Waals surface area contributed by atoms with Gasteiger partial charge in [-0.25, -0.2) is 0 Å². The number of rotatable bonds is 5. The summed E-state index contributed by atoms with van der Waals surface area (Å²) in [6.45, 7) is 0. The zero-order chi connectivity index (χ0) is 32.3. The molecule has 0 saturated carbocycles. The number of benzene rings is 8. The summed E-state index contributed by atoms with van der Waals surface area (Å²) in [6, 6.07) is 63.3. The maximum absolute atomic E-state index is 6.34. The molecule has 0 bridgehead atoms. The van der Waals surface area contributed by atoms with Gasteiger partial charge in [0.25, 0.3) is 0 Å². The van der Waals surface area contributed by atoms with Gasteiger partial charge in [0.05, 0.1) is 11.4 Å². The van der Waals surface area contributed by atoms with Gasteiger partial charge in [0, 0.05) is 47.6 Å². The lowest BCUT2D eigenvalue weighted by Gasteiger charge is -2.29. The van der Waals surface area contributed by atoms with Gasteiger partial charge in [0.1, 0.15) is 11.2 Å². The van der Waals surface area contributed by atoms with Crippen molar-refractivity contribution in [2.75, 3.05) is 4.90 Å². The van der Waals surface area contributed by atoms with Gasteiger partial charge in [-0.2, -0.15) is 0 Å². The third-order valence-corrected chi connectivity index (χ3v) is 10.8. The van der Waals surface area contributed by atoms with Crippen LogP contribution in [-0.4, -0.2) is 0 Å². The fourth-order valence-electron chi connectivity index (χ4n) is 7.42. The second-order valence-corrected chi connectivity index (χ2v) is 13.6. The van der Waals surface area contributed by atoms with Gasteiger partial charge >= 0.3 is 0 Å². The number of anilines is 3. The van der Waals surface area contributed by atoms with Crippen LogP contribution in [0.15, 0.2) is 180 Å². The molecule has 3 heteroatoms. The van der Waals surface area contributed by atoms with Crippen LogP contribution >= 0.6 is 11.3 Å². The molecule has 0 radical (unpaired) electrons. The summed E-state index contributed by atoms with van der Waals surface area (Å²) >= 11 is 1.86. The quantitative estimate of drug-likeness (QED) is 0.186. The first-order chi connectivity index (χ1) is 24.3. The van der Waals surface area contributed by atoms with E-state index in [1.165, 1.54) is 42.1 Å². The Morgan fingerprint density at radius 3 is 1.96 bits per heavy atom. The standard InChI is InChI=1S/C46H29NOS/c1-2-13-34-30(11-1)12-9-19-41(34)47(33-26-23-31(24-27-33)36-17-10-22-45-46(36)39-16-5-8-21-44(39)49-45)40-18-6-3-14-35(40)32-25-28-38-37-15-4-7-20-42(37)48-43(38)29-32/h1-29H. The summed E-state index contributed by atoms with van der Waals surface area (Å²) in [6.07, 6.45) is 0. The largest absolute Gasteiger partial charge is 0.456 e. The first-order valence-electron chi connectivity index (χ1n) is 16.6. The number of hydrogen-bond acceptors (Lipinski definition) is 3. The van der Waals surface area contributed by atoms with Crippen LogP contribution in [0.5, 0.6) is 0 Å². The van der Waals surface area contributed by atoms with E-state index in [4.69, 9.17) is 4.42 Å². The predicted molar refractivity (Wildman–Crippen MR) is 210 cm³/mol. The number of para-hydroxylation sites is 2. The minimum atomic E-state index is 0.893. The van der Waals surface area contributed by atoms with E-state index >= 15 is 0 Å². The van der Waals surface area contributed by atoms with Crippen molar-refractivity contribution in [3.63, 3.8) is 0 Å². The SMILES string of the molecule is c1ccc(N(c2ccc(-c3cccc4sc5ccccc5c34)cc2)c2cccc3ccccc23)c(-c2ccc3c(c2)oc2ccccc23)c1. The van der Waals surface area contributed by atoms with Gasteiger partial charge in [-0.15, -0.1) is 11.3 Å². The highest BCUT2D eigenvalue weighted by atomic mass is 32.1. The highest BCUT2D eigenvalue weighted by Gasteiger charge is 2.20. The van der Waals surface area contributed by atoms with Crippen LogP contribution in [0.3, 0.4) is 0 Å². The predicted octanol–water partition coefficient (Wildman–Crippen LogP) is 13.9. The lowest BCUT2D eigenvalue weighted by Crippen LogP contribution is -2.11. The molecular formula is C46H29NOS. The Balaban J connectivity index is 1.16. The van der Waals surface area contributed by atoms with Crippen LogP contribution < -0.4 is 4.90 Å². The second kappa shape index (κ2) is 11.2. The van der Waals surface area contributed by atoms with Crippen molar-refractivity contribution in [1.29, 1.82) is 0 Å². The molecule has 8 aromatic carbocycles. The van der Waals surface area contributed by atoms with Crippen molar-refractivity contribution in [3.05, 3.63) is 176 Å². The van der Waals surface area contributed by atoms with Crippen molar-refractivity contribution in [3.8, 4) is 22.3 Å². The topological polar surface area (TPSA) is 16.4 Å². The van der Waals surface area contributed by atoms with E-state index in [1.54, 1.807) is 0 Å². The summed E-state index contributed by atoms with van der Waals surface area (Å²) in [4.78, 5) is 2.41. The van der Waals surface area contributed by atoms with Crippen LogP contribution in [0.2, 0.25) is 0 Å². The van der Waals surface area contributed by atoms with Crippen LogP contribution in [0.1, 0.15) is 0 Å². The van der Waals surface area contributed by atoms with Crippen LogP contribution in [0.4, 0.5) is 17.1 Å². The lowest BCUT2D eigenvalue weighted by atomic mass is 9.97. The Bertz CT molecular complexity index is 2840. The first kappa shape index (κ1) is 27.9. The molecule has 10 aromatic rings. The number of nitrogens with zero attached hydrogens (tertiary/aromatic N) is 1. The Labute approximate surface area is 287 Å². The van der Waals surface area contributed by atoms with Crippen molar-refractivity contribution in [2.45, 2.75) is 0 Å². The van der Waals surface area contributed by atoms with Gasteiger partial charge in [-0.1, -0.05) is 121 Å². The van der Waals surface area contributed by atoms with Crippen LogP contribution in [-0.2, 0) is 0 Å². The van der Waals surface area contributed by atoms with Crippen molar-refractivity contribution >= 4 is 81.3 Å². The van der Waals surface area contributed by atoms with E-state index in [-0.39, 0.29) is 0 Å². The molecule has 49 heavy (non-hydrogen) atoms. The monoisotopic (exact) mass is 643 g/mol. The highest BCUT2D eigenvalue weighted by Crippen LogP contribution is 2.45. The minimum absolute atomic E-state index is 0.893. The molecular weight excluding hydrogens is 615 g/mol.